The zero-order valence-electron chi connectivity index (χ0n) is 12.7. The van der Waals surface area contributed by atoms with Gasteiger partial charge >= 0.3 is 0 Å². The standard InChI is InChI=1S/C15H17ClFN3O2.ClH/c1-8(18)6-7-19-15(21)12-9(2)22-20-14(12)13-10(16)4-3-5-11(13)17;/h3-5,8H,6-7,18H2,1-2H3,(H,19,21);1H. The van der Waals surface area contributed by atoms with Gasteiger partial charge in [-0.2, -0.15) is 0 Å². The largest absolute Gasteiger partial charge is 0.360 e. The second-order valence-corrected chi connectivity index (χ2v) is 5.49. The van der Waals surface area contributed by atoms with Crippen molar-refractivity contribution in [1.29, 1.82) is 0 Å². The van der Waals surface area contributed by atoms with E-state index in [0.29, 0.717) is 18.7 Å². The number of amides is 1. The Kier molecular flexibility index (Phi) is 7.00. The first kappa shape index (κ1) is 19.4. The molecule has 2 aromatic rings. The van der Waals surface area contributed by atoms with Crippen molar-refractivity contribution >= 4 is 29.9 Å². The molecule has 0 spiro atoms. The number of carbonyl (C=O) groups is 1. The molecule has 0 aliphatic rings. The van der Waals surface area contributed by atoms with E-state index in [4.69, 9.17) is 21.9 Å². The average Bonchev–Trinajstić information content (AvgIpc) is 2.80. The molecule has 1 aromatic carbocycles. The maximum Gasteiger partial charge on any atom is 0.257 e. The lowest BCUT2D eigenvalue weighted by Gasteiger charge is -2.08. The molecule has 126 valence electrons. The molecule has 0 bridgehead atoms. The number of hydrogen-bond acceptors (Lipinski definition) is 4. The minimum Gasteiger partial charge on any atom is -0.360 e. The van der Waals surface area contributed by atoms with Crippen LogP contribution in [0.25, 0.3) is 11.3 Å². The zero-order valence-corrected chi connectivity index (χ0v) is 14.3. The summed E-state index contributed by atoms with van der Waals surface area (Å²) in [4.78, 5) is 12.3. The number of aromatic nitrogens is 1. The maximum atomic E-state index is 14.0. The summed E-state index contributed by atoms with van der Waals surface area (Å²) in [6, 6.07) is 4.24. The Labute approximate surface area is 144 Å². The molecule has 0 fully saturated rings. The van der Waals surface area contributed by atoms with Gasteiger partial charge in [0.15, 0.2) is 0 Å². The van der Waals surface area contributed by atoms with Gasteiger partial charge in [0, 0.05) is 12.6 Å². The average molecular weight is 362 g/mol. The lowest BCUT2D eigenvalue weighted by Crippen LogP contribution is -2.29. The van der Waals surface area contributed by atoms with Crippen LogP contribution in [0.4, 0.5) is 4.39 Å². The van der Waals surface area contributed by atoms with Crippen LogP contribution < -0.4 is 11.1 Å². The maximum absolute atomic E-state index is 14.0. The third-order valence-electron chi connectivity index (χ3n) is 3.17. The molecule has 3 N–H and O–H groups in total. The van der Waals surface area contributed by atoms with Crippen LogP contribution in [-0.4, -0.2) is 23.7 Å². The summed E-state index contributed by atoms with van der Waals surface area (Å²) in [5.74, 6) is -0.660. The van der Waals surface area contributed by atoms with Crippen LogP contribution in [0.5, 0.6) is 0 Å². The van der Waals surface area contributed by atoms with E-state index in [1.54, 1.807) is 6.92 Å². The fourth-order valence-corrected chi connectivity index (χ4v) is 2.29. The zero-order chi connectivity index (χ0) is 16.3. The van der Waals surface area contributed by atoms with Crippen molar-refractivity contribution in [2.24, 2.45) is 5.73 Å². The molecule has 0 saturated carbocycles. The summed E-state index contributed by atoms with van der Waals surface area (Å²) in [5, 5.41) is 6.67. The molecule has 1 amide bonds. The van der Waals surface area contributed by atoms with Crippen LogP contribution in [0.2, 0.25) is 5.02 Å². The smallest absolute Gasteiger partial charge is 0.257 e. The van der Waals surface area contributed by atoms with E-state index in [-0.39, 0.29) is 40.3 Å². The van der Waals surface area contributed by atoms with Crippen LogP contribution in [-0.2, 0) is 0 Å². The van der Waals surface area contributed by atoms with E-state index in [2.05, 4.69) is 10.5 Å². The molecule has 1 aromatic heterocycles. The van der Waals surface area contributed by atoms with Crippen molar-refractivity contribution in [1.82, 2.24) is 10.5 Å². The van der Waals surface area contributed by atoms with Crippen molar-refractivity contribution in [3.8, 4) is 11.3 Å². The van der Waals surface area contributed by atoms with E-state index in [9.17, 15) is 9.18 Å². The van der Waals surface area contributed by atoms with E-state index in [0.717, 1.165) is 0 Å². The molecule has 5 nitrogen and oxygen atoms in total. The number of carbonyl (C=O) groups excluding carboxylic acids is 1. The molecule has 0 aliphatic heterocycles. The predicted molar refractivity (Wildman–Crippen MR) is 89.5 cm³/mol. The third-order valence-corrected chi connectivity index (χ3v) is 3.49. The Morgan fingerprint density at radius 3 is 2.83 bits per heavy atom. The lowest BCUT2D eigenvalue weighted by molar-refractivity contribution is 0.0952. The monoisotopic (exact) mass is 361 g/mol. The summed E-state index contributed by atoms with van der Waals surface area (Å²) in [5.41, 5.74) is 5.97. The van der Waals surface area contributed by atoms with Crippen molar-refractivity contribution in [3.63, 3.8) is 0 Å². The fourth-order valence-electron chi connectivity index (χ4n) is 2.04. The number of halogens is 3. The number of nitrogens with zero attached hydrogens (tertiary/aromatic N) is 1. The lowest BCUT2D eigenvalue weighted by atomic mass is 10.0. The van der Waals surface area contributed by atoms with Crippen molar-refractivity contribution in [2.45, 2.75) is 26.3 Å². The predicted octanol–water partition coefficient (Wildman–Crippen LogP) is 3.33. The number of aryl methyl sites for hydroxylation is 1. The quantitative estimate of drug-likeness (QED) is 0.855. The number of nitrogens with one attached hydrogen (secondary N) is 1. The normalized spacial score (nSPS) is 11.7. The third kappa shape index (κ3) is 4.43. The van der Waals surface area contributed by atoms with E-state index < -0.39 is 11.7 Å². The molecule has 2 rings (SSSR count). The molecule has 8 heteroatoms. The number of hydrogen-bond donors (Lipinski definition) is 2. The van der Waals surface area contributed by atoms with Gasteiger partial charge in [-0.3, -0.25) is 4.79 Å². The Hall–Kier alpha value is -1.63. The molecule has 1 heterocycles. The van der Waals surface area contributed by atoms with Crippen LogP contribution in [0, 0.1) is 12.7 Å². The van der Waals surface area contributed by atoms with Gasteiger partial charge in [0.25, 0.3) is 5.91 Å². The topological polar surface area (TPSA) is 81.2 Å². The Bertz CT molecular complexity index is 669. The highest BCUT2D eigenvalue weighted by Gasteiger charge is 2.25. The Morgan fingerprint density at radius 1 is 1.52 bits per heavy atom. The number of nitrogens with two attached hydrogens (primary N) is 1. The molecule has 1 unspecified atom stereocenters. The van der Waals surface area contributed by atoms with Gasteiger partial charge in [-0.1, -0.05) is 22.8 Å². The molecule has 0 radical (unpaired) electrons. The van der Waals surface area contributed by atoms with Crippen LogP contribution in [0.3, 0.4) is 0 Å². The summed E-state index contributed by atoms with van der Waals surface area (Å²) in [6.07, 6.45) is 0.631. The molecule has 0 saturated heterocycles. The van der Waals surface area contributed by atoms with E-state index >= 15 is 0 Å². The van der Waals surface area contributed by atoms with Gasteiger partial charge in [0.05, 0.1) is 10.6 Å². The summed E-state index contributed by atoms with van der Waals surface area (Å²) >= 11 is 6.03. The minimum atomic E-state index is -0.564. The first-order valence-electron chi connectivity index (χ1n) is 6.86. The van der Waals surface area contributed by atoms with Gasteiger partial charge in [0.2, 0.25) is 0 Å². The summed E-state index contributed by atoms with van der Waals surface area (Å²) in [6.45, 7) is 3.85. The van der Waals surface area contributed by atoms with Crippen LogP contribution in [0.15, 0.2) is 22.7 Å². The van der Waals surface area contributed by atoms with Crippen molar-refractivity contribution < 1.29 is 13.7 Å². The highest BCUT2D eigenvalue weighted by atomic mass is 35.5. The van der Waals surface area contributed by atoms with Gasteiger partial charge < -0.3 is 15.6 Å². The van der Waals surface area contributed by atoms with Gasteiger partial charge in [-0.25, -0.2) is 4.39 Å². The second kappa shape index (κ2) is 8.29. The molecular formula is C15H18Cl2FN3O2. The first-order valence-corrected chi connectivity index (χ1v) is 7.24. The summed E-state index contributed by atoms with van der Waals surface area (Å²) in [7, 11) is 0. The molecule has 1 atom stereocenters. The highest BCUT2D eigenvalue weighted by molar-refractivity contribution is 6.33. The minimum absolute atomic E-state index is 0. The van der Waals surface area contributed by atoms with Crippen LogP contribution in [0.1, 0.15) is 29.5 Å². The van der Waals surface area contributed by atoms with Gasteiger partial charge in [0.1, 0.15) is 22.8 Å². The second-order valence-electron chi connectivity index (χ2n) is 5.08. The van der Waals surface area contributed by atoms with E-state index in [1.165, 1.54) is 18.2 Å². The molecule has 23 heavy (non-hydrogen) atoms. The Balaban J connectivity index is 0.00000264. The highest BCUT2D eigenvalue weighted by Crippen LogP contribution is 2.33. The van der Waals surface area contributed by atoms with Crippen molar-refractivity contribution in [2.75, 3.05) is 6.54 Å². The Morgan fingerprint density at radius 2 is 2.22 bits per heavy atom. The first-order chi connectivity index (χ1) is 10.4. The molecular weight excluding hydrogens is 344 g/mol. The SMILES string of the molecule is Cc1onc(-c2c(F)cccc2Cl)c1C(=O)NCCC(C)N.Cl. The van der Waals surface area contributed by atoms with E-state index in [1.807, 2.05) is 6.92 Å². The molecule has 0 aliphatic carbocycles. The summed E-state index contributed by atoms with van der Waals surface area (Å²) < 4.78 is 19.1. The van der Waals surface area contributed by atoms with Gasteiger partial charge in [-0.15, -0.1) is 12.4 Å². The number of benzene rings is 1. The van der Waals surface area contributed by atoms with Gasteiger partial charge in [-0.05, 0) is 32.4 Å². The van der Waals surface area contributed by atoms with Crippen molar-refractivity contribution in [3.05, 3.63) is 40.4 Å². The fraction of sp³-hybridized carbons (Fsp3) is 0.333. The van der Waals surface area contributed by atoms with Crippen LogP contribution >= 0.6 is 24.0 Å². The number of rotatable bonds is 5.